The lowest BCUT2D eigenvalue weighted by atomic mass is 9.89. The van der Waals surface area contributed by atoms with Crippen molar-refractivity contribution in [3.8, 4) is 0 Å². The second kappa shape index (κ2) is 7.11. The maximum Gasteiger partial charge on any atom is 0.0544 e. The summed E-state index contributed by atoms with van der Waals surface area (Å²) in [7, 11) is 0. The molecule has 78 valence electrons. The molecule has 0 aliphatic carbocycles. The molecule has 1 nitrogen and oxygen atoms in total. The summed E-state index contributed by atoms with van der Waals surface area (Å²) in [6.45, 7) is 11.2. The molecular formula is C12H25N. The van der Waals surface area contributed by atoms with Crippen LogP contribution in [0.3, 0.4) is 0 Å². The number of hydrogen-bond acceptors (Lipinski definition) is 1. The number of aliphatic imine (C=N–C) groups is 1. The Morgan fingerprint density at radius 1 is 1.15 bits per heavy atom. The number of hydrogen-bond donors (Lipinski definition) is 0. The van der Waals surface area contributed by atoms with Gasteiger partial charge in [-0.25, -0.2) is 0 Å². The van der Waals surface area contributed by atoms with E-state index in [4.69, 9.17) is 0 Å². The Morgan fingerprint density at radius 3 is 2.15 bits per heavy atom. The van der Waals surface area contributed by atoms with Crippen molar-refractivity contribution in [2.45, 2.75) is 59.9 Å². The third-order valence-corrected chi connectivity index (χ3v) is 2.47. The molecule has 13 heavy (non-hydrogen) atoms. The van der Waals surface area contributed by atoms with Gasteiger partial charge in [-0.05, 0) is 30.9 Å². The van der Waals surface area contributed by atoms with Gasteiger partial charge in [0.1, 0.15) is 0 Å². The average Bonchev–Trinajstić information content (AvgIpc) is 2.05. The molecular weight excluding hydrogens is 158 g/mol. The minimum atomic E-state index is 0.528. The molecule has 0 aliphatic rings. The zero-order valence-electron chi connectivity index (χ0n) is 9.88. The van der Waals surface area contributed by atoms with Crippen LogP contribution in [0.4, 0.5) is 0 Å². The lowest BCUT2D eigenvalue weighted by Gasteiger charge is -2.23. The van der Waals surface area contributed by atoms with Crippen LogP contribution in [-0.4, -0.2) is 12.3 Å². The first-order valence-electron chi connectivity index (χ1n) is 5.65. The van der Waals surface area contributed by atoms with E-state index in [1.54, 1.807) is 0 Å². The van der Waals surface area contributed by atoms with Crippen molar-refractivity contribution in [2.75, 3.05) is 0 Å². The van der Waals surface area contributed by atoms with E-state index < -0.39 is 0 Å². The topological polar surface area (TPSA) is 12.4 Å². The Balaban J connectivity index is 4.14. The summed E-state index contributed by atoms with van der Waals surface area (Å²) in [4.78, 5) is 4.64. The minimum Gasteiger partial charge on any atom is -0.294 e. The molecule has 0 saturated carbocycles. The van der Waals surface area contributed by atoms with Crippen molar-refractivity contribution in [3.63, 3.8) is 0 Å². The third kappa shape index (κ3) is 5.07. The highest BCUT2D eigenvalue weighted by molar-refractivity contribution is 5.56. The summed E-state index contributed by atoms with van der Waals surface area (Å²) in [5.74, 6) is 1.40. The van der Waals surface area contributed by atoms with E-state index in [1.807, 2.05) is 0 Å². The van der Waals surface area contributed by atoms with Crippen LogP contribution in [0.1, 0.15) is 53.9 Å². The summed E-state index contributed by atoms with van der Waals surface area (Å²) in [6.07, 6.45) is 5.69. The van der Waals surface area contributed by atoms with Gasteiger partial charge < -0.3 is 0 Å². The van der Waals surface area contributed by atoms with Crippen molar-refractivity contribution >= 4 is 6.21 Å². The first kappa shape index (κ1) is 12.7. The molecule has 0 aromatic heterocycles. The van der Waals surface area contributed by atoms with Crippen molar-refractivity contribution < 1.29 is 0 Å². The predicted octanol–water partition coefficient (Wildman–Crippen LogP) is 3.93. The standard InChI is InChI=1S/C12H25N/c1-6-8-11(5)12(10(3)4)13-9-7-2/h9-12H,6-8H2,1-5H3/b13-9-. The summed E-state index contributed by atoms with van der Waals surface area (Å²) in [6, 6.07) is 0.528. The number of nitrogens with zero attached hydrogens (tertiary/aromatic N) is 1. The quantitative estimate of drug-likeness (QED) is 0.553. The van der Waals surface area contributed by atoms with E-state index in [1.165, 1.54) is 12.8 Å². The first-order valence-corrected chi connectivity index (χ1v) is 5.65. The Morgan fingerprint density at radius 2 is 1.77 bits per heavy atom. The highest BCUT2D eigenvalue weighted by Crippen LogP contribution is 2.20. The molecule has 2 atom stereocenters. The lowest BCUT2D eigenvalue weighted by molar-refractivity contribution is 0.347. The maximum absolute atomic E-state index is 4.64. The van der Waals surface area contributed by atoms with Crippen LogP contribution in [0.2, 0.25) is 0 Å². The molecule has 0 amide bonds. The molecule has 1 heteroatoms. The van der Waals surface area contributed by atoms with Crippen LogP contribution in [0.5, 0.6) is 0 Å². The van der Waals surface area contributed by atoms with Crippen molar-refractivity contribution in [1.82, 2.24) is 0 Å². The Labute approximate surface area is 83.6 Å². The zero-order chi connectivity index (χ0) is 10.3. The monoisotopic (exact) mass is 183 g/mol. The van der Waals surface area contributed by atoms with Gasteiger partial charge in [-0.3, -0.25) is 4.99 Å². The SMILES string of the molecule is CC/C=N\C(C(C)C)C(C)CCC. The van der Waals surface area contributed by atoms with Crippen molar-refractivity contribution in [2.24, 2.45) is 16.8 Å². The van der Waals surface area contributed by atoms with E-state index in [0.29, 0.717) is 12.0 Å². The molecule has 2 unspecified atom stereocenters. The van der Waals surface area contributed by atoms with Crippen LogP contribution in [0.15, 0.2) is 4.99 Å². The molecule has 0 N–H and O–H groups in total. The highest BCUT2D eigenvalue weighted by atomic mass is 14.8. The molecule has 0 fully saturated rings. The fourth-order valence-corrected chi connectivity index (χ4v) is 1.83. The fraction of sp³-hybridized carbons (Fsp3) is 0.917. The molecule has 0 saturated heterocycles. The van der Waals surface area contributed by atoms with Crippen molar-refractivity contribution in [1.29, 1.82) is 0 Å². The third-order valence-electron chi connectivity index (χ3n) is 2.47. The molecule has 0 spiro atoms. The second-order valence-electron chi connectivity index (χ2n) is 4.24. The van der Waals surface area contributed by atoms with Gasteiger partial charge in [-0.2, -0.15) is 0 Å². The summed E-state index contributed by atoms with van der Waals surface area (Å²) in [5, 5.41) is 0. The molecule has 0 heterocycles. The van der Waals surface area contributed by atoms with Crippen LogP contribution >= 0.6 is 0 Å². The summed E-state index contributed by atoms with van der Waals surface area (Å²) in [5.41, 5.74) is 0. The number of rotatable bonds is 6. The van der Waals surface area contributed by atoms with Crippen molar-refractivity contribution in [3.05, 3.63) is 0 Å². The summed E-state index contributed by atoms with van der Waals surface area (Å²) >= 11 is 0. The second-order valence-corrected chi connectivity index (χ2v) is 4.24. The van der Waals surface area contributed by atoms with Crippen LogP contribution in [-0.2, 0) is 0 Å². The largest absolute Gasteiger partial charge is 0.294 e. The van der Waals surface area contributed by atoms with E-state index in [9.17, 15) is 0 Å². The Kier molecular flexibility index (Phi) is 6.93. The highest BCUT2D eigenvalue weighted by Gasteiger charge is 2.18. The maximum atomic E-state index is 4.64. The van der Waals surface area contributed by atoms with E-state index in [2.05, 4.69) is 45.8 Å². The van der Waals surface area contributed by atoms with Gasteiger partial charge in [0.05, 0.1) is 6.04 Å². The van der Waals surface area contributed by atoms with Gasteiger partial charge in [0, 0.05) is 0 Å². The zero-order valence-corrected chi connectivity index (χ0v) is 9.88. The lowest BCUT2D eigenvalue weighted by Crippen LogP contribution is -2.22. The minimum absolute atomic E-state index is 0.528. The molecule has 0 rings (SSSR count). The smallest absolute Gasteiger partial charge is 0.0544 e. The van der Waals surface area contributed by atoms with E-state index in [-0.39, 0.29) is 0 Å². The van der Waals surface area contributed by atoms with Crippen LogP contribution in [0, 0.1) is 11.8 Å². The Hall–Kier alpha value is -0.330. The first-order chi connectivity index (χ1) is 6.13. The molecule has 0 radical (unpaired) electrons. The van der Waals surface area contributed by atoms with Gasteiger partial charge in [0.15, 0.2) is 0 Å². The van der Waals surface area contributed by atoms with E-state index in [0.717, 1.165) is 12.3 Å². The average molecular weight is 183 g/mol. The fourth-order valence-electron chi connectivity index (χ4n) is 1.83. The Bertz CT molecular complexity index is 138. The van der Waals surface area contributed by atoms with Gasteiger partial charge in [-0.15, -0.1) is 0 Å². The van der Waals surface area contributed by atoms with Crippen LogP contribution < -0.4 is 0 Å². The van der Waals surface area contributed by atoms with Gasteiger partial charge in [-0.1, -0.05) is 41.0 Å². The molecule has 0 aliphatic heterocycles. The molecule has 0 aromatic carbocycles. The molecule has 0 bridgehead atoms. The molecule has 0 aromatic rings. The van der Waals surface area contributed by atoms with Gasteiger partial charge in [0.2, 0.25) is 0 Å². The van der Waals surface area contributed by atoms with Gasteiger partial charge >= 0.3 is 0 Å². The summed E-state index contributed by atoms with van der Waals surface area (Å²) < 4.78 is 0. The normalized spacial score (nSPS) is 16.8. The predicted molar refractivity (Wildman–Crippen MR) is 61.5 cm³/mol. The van der Waals surface area contributed by atoms with E-state index >= 15 is 0 Å². The van der Waals surface area contributed by atoms with Crippen LogP contribution in [0.25, 0.3) is 0 Å². The van der Waals surface area contributed by atoms with Gasteiger partial charge in [0.25, 0.3) is 0 Å².